The van der Waals surface area contributed by atoms with Crippen molar-refractivity contribution in [1.82, 2.24) is 5.32 Å². The number of hydrogen-bond donors (Lipinski definition) is 2. The highest BCUT2D eigenvalue weighted by Crippen LogP contribution is 2.10. The molecule has 1 heterocycles. The van der Waals surface area contributed by atoms with Gasteiger partial charge in [-0.1, -0.05) is 13.8 Å². The third-order valence-electron chi connectivity index (χ3n) is 2.48. The van der Waals surface area contributed by atoms with Gasteiger partial charge in [-0.2, -0.15) is 0 Å². The Balaban J connectivity index is 2.67. The van der Waals surface area contributed by atoms with Crippen molar-refractivity contribution >= 4 is 11.9 Å². The zero-order valence-electron chi connectivity index (χ0n) is 11.3. The van der Waals surface area contributed by atoms with E-state index in [0.717, 1.165) is 0 Å². The average molecular weight is 269 g/mol. The number of hydrogen-bond acceptors (Lipinski definition) is 4. The van der Waals surface area contributed by atoms with Crippen molar-refractivity contribution < 1.29 is 23.8 Å². The Kier molecular flexibility index (Phi) is 5.57. The second kappa shape index (κ2) is 6.94. The number of ether oxygens (including phenoxy) is 1. The molecule has 0 saturated carbocycles. The second-order valence-electron chi connectivity index (χ2n) is 4.69. The van der Waals surface area contributed by atoms with Crippen LogP contribution in [-0.4, -0.2) is 30.1 Å². The van der Waals surface area contributed by atoms with E-state index < -0.39 is 17.9 Å². The first kappa shape index (κ1) is 15.2. The van der Waals surface area contributed by atoms with Crippen LogP contribution in [0.3, 0.4) is 0 Å². The predicted octanol–water partition coefficient (Wildman–Crippen LogP) is 1.66. The van der Waals surface area contributed by atoms with E-state index >= 15 is 0 Å². The Morgan fingerprint density at radius 1 is 1.42 bits per heavy atom. The number of amides is 1. The van der Waals surface area contributed by atoms with E-state index in [1.54, 1.807) is 6.07 Å². The second-order valence-corrected chi connectivity index (χ2v) is 4.69. The van der Waals surface area contributed by atoms with Gasteiger partial charge in [-0.25, -0.2) is 4.79 Å². The lowest BCUT2D eigenvalue weighted by Gasteiger charge is -2.15. The van der Waals surface area contributed by atoms with E-state index in [1.807, 2.05) is 13.8 Å². The largest absolute Gasteiger partial charge is 0.480 e. The Morgan fingerprint density at radius 2 is 2.11 bits per heavy atom. The highest BCUT2D eigenvalue weighted by molar-refractivity contribution is 5.94. The summed E-state index contributed by atoms with van der Waals surface area (Å²) >= 11 is 0. The third kappa shape index (κ3) is 4.75. The van der Waals surface area contributed by atoms with E-state index in [2.05, 4.69) is 5.32 Å². The lowest BCUT2D eigenvalue weighted by molar-refractivity contribution is -0.139. The van der Waals surface area contributed by atoms with Crippen LogP contribution >= 0.6 is 0 Å². The Bertz CT molecular complexity index is 438. The Hall–Kier alpha value is -1.82. The van der Waals surface area contributed by atoms with Gasteiger partial charge in [-0.15, -0.1) is 0 Å². The van der Waals surface area contributed by atoms with E-state index in [1.165, 1.54) is 13.2 Å². The molecule has 0 bridgehead atoms. The van der Waals surface area contributed by atoms with Crippen molar-refractivity contribution in [3.05, 3.63) is 23.7 Å². The summed E-state index contributed by atoms with van der Waals surface area (Å²) in [6, 6.07) is 2.21. The van der Waals surface area contributed by atoms with Crippen LogP contribution in [-0.2, 0) is 16.1 Å². The lowest BCUT2D eigenvalue weighted by atomic mass is 10.0. The number of methoxy groups -OCH3 is 1. The normalized spacial score (nSPS) is 12.4. The monoisotopic (exact) mass is 269 g/mol. The number of furan rings is 1. The molecule has 6 heteroatoms. The lowest BCUT2D eigenvalue weighted by Crippen LogP contribution is -2.41. The fourth-order valence-electron chi connectivity index (χ4n) is 1.64. The highest BCUT2D eigenvalue weighted by atomic mass is 16.5. The Morgan fingerprint density at radius 3 is 2.63 bits per heavy atom. The van der Waals surface area contributed by atoms with Gasteiger partial charge >= 0.3 is 5.97 Å². The number of nitrogens with one attached hydrogen (secondary N) is 1. The third-order valence-corrected chi connectivity index (χ3v) is 2.48. The molecule has 0 aromatic carbocycles. The van der Waals surface area contributed by atoms with Crippen LogP contribution in [0.1, 0.15) is 36.6 Å². The smallest absolute Gasteiger partial charge is 0.326 e. The van der Waals surface area contributed by atoms with Gasteiger partial charge in [0.25, 0.3) is 5.91 Å². The van der Waals surface area contributed by atoms with Crippen LogP contribution in [0, 0.1) is 5.92 Å². The zero-order chi connectivity index (χ0) is 14.4. The molecule has 106 valence electrons. The van der Waals surface area contributed by atoms with E-state index in [4.69, 9.17) is 14.3 Å². The number of carboxylic acids is 1. The van der Waals surface area contributed by atoms with Gasteiger partial charge < -0.3 is 19.6 Å². The summed E-state index contributed by atoms with van der Waals surface area (Å²) in [5.41, 5.74) is 0. The SMILES string of the molecule is COCc1ccc(C(=O)N[C@H](CC(C)C)C(=O)O)o1. The number of rotatable bonds is 7. The van der Waals surface area contributed by atoms with Gasteiger partial charge in [-0.05, 0) is 24.5 Å². The number of carbonyl (C=O) groups excluding carboxylic acids is 1. The first-order chi connectivity index (χ1) is 8.93. The van der Waals surface area contributed by atoms with E-state index in [0.29, 0.717) is 12.2 Å². The van der Waals surface area contributed by atoms with E-state index in [9.17, 15) is 9.59 Å². The summed E-state index contributed by atoms with van der Waals surface area (Å²) in [6.45, 7) is 4.05. The molecule has 19 heavy (non-hydrogen) atoms. The molecule has 1 atom stereocenters. The van der Waals surface area contributed by atoms with Gasteiger partial charge in [0.1, 0.15) is 18.4 Å². The fourth-order valence-corrected chi connectivity index (χ4v) is 1.64. The van der Waals surface area contributed by atoms with Crippen LogP contribution < -0.4 is 5.32 Å². The van der Waals surface area contributed by atoms with Crippen molar-refractivity contribution in [3.63, 3.8) is 0 Å². The van der Waals surface area contributed by atoms with Gasteiger partial charge in [0, 0.05) is 7.11 Å². The van der Waals surface area contributed by atoms with Gasteiger partial charge in [0.05, 0.1) is 0 Å². The van der Waals surface area contributed by atoms with Crippen LogP contribution in [0.25, 0.3) is 0 Å². The summed E-state index contributed by atoms with van der Waals surface area (Å²) < 4.78 is 10.1. The molecule has 0 spiro atoms. The van der Waals surface area contributed by atoms with Crippen molar-refractivity contribution in [2.24, 2.45) is 5.92 Å². The van der Waals surface area contributed by atoms with Crippen molar-refractivity contribution in [1.29, 1.82) is 0 Å². The first-order valence-electron chi connectivity index (χ1n) is 6.05. The number of aliphatic carboxylic acids is 1. The molecule has 2 N–H and O–H groups in total. The molecule has 0 unspecified atom stereocenters. The van der Waals surface area contributed by atoms with Crippen molar-refractivity contribution in [2.75, 3.05) is 7.11 Å². The topological polar surface area (TPSA) is 88.8 Å². The minimum Gasteiger partial charge on any atom is -0.480 e. The molecule has 0 aliphatic rings. The minimum absolute atomic E-state index is 0.0852. The molecule has 0 fully saturated rings. The molecule has 1 aromatic heterocycles. The molecular weight excluding hydrogens is 250 g/mol. The molecule has 0 aliphatic carbocycles. The summed E-state index contributed by atoms with van der Waals surface area (Å²) in [5, 5.41) is 11.5. The highest BCUT2D eigenvalue weighted by Gasteiger charge is 2.23. The molecule has 1 amide bonds. The van der Waals surface area contributed by atoms with Crippen LogP contribution in [0.15, 0.2) is 16.5 Å². The van der Waals surface area contributed by atoms with Crippen molar-refractivity contribution in [2.45, 2.75) is 32.9 Å². The standard InChI is InChI=1S/C13H19NO5/c1-8(2)6-10(13(16)17)14-12(15)11-5-4-9(19-11)7-18-3/h4-5,8,10H,6-7H2,1-3H3,(H,14,15)(H,16,17)/t10-/m1/s1. The summed E-state index contributed by atoms with van der Waals surface area (Å²) in [7, 11) is 1.52. The molecule has 1 aromatic rings. The average Bonchev–Trinajstić information content (AvgIpc) is 2.76. The quantitative estimate of drug-likeness (QED) is 0.785. The van der Waals surface area contributed by atoms with E-state index in [-0.39, 0.29) is 18.3 Å². The molecule has 6 nitrogen and oxygen atoms in total. The van der Waals surface area contributed by atoms with Crippen LogP contribution in [0.4, 0.5) is 0 Å². The molecule has 1 rings (SSSR count). The molecule has 0 saturated heterocycles. The fraction of sp³-hybridized carbons (Fsp3) is 0.538. The maximum absolute atomic E-state index is 11.8. The van der Waals surface area contributed by atoms with Crippen LogP contribution in [0.2, 0.25) is 0 Å². The molecular formula is C13H19NO5. The molecule has 0 radical (unpaired) electrons. The van der Waals surface area contributed by atoms with Crippen LogP contribution in [0.5, 0.6) is 0 Å². The summed E-state index contributed by atoms with van der Waals surface area (Å²) in [6.07, 6.45) is 0.368. The maximum Gasteiger partial charge on any atom is 0.326 e. The summed E-state index contributed by atoms with van der Waals surface area (Å²) in [4.78, 5) is 22.9. The Labute approximate surface area is 111 Å². The number of carboxylic acid groups (broad SMARTS) is 1. The van der Waals surface area contributed by atoms with Crippen molar-refractivity contribution in [3.8, 4) is 0 Å². The van der Waals surface area contributed by atoms with Gasteiger partial charge in [0.2, 0.25) is 0 Å². The predicted molar refractivity (Wildman–Crippen MR) is 67.8 cm³/mol. The zero-order valence-corrected chi connectivity index (χ0v) is 11.3. The van der Waals surface area contributed by atoms with Gasteiger partial charge in [0.15, 0.2) is 5.76 Å². The minimum atomic E-state index is -1.05. The first-order valence-corrected chi connectivity index (χ1v) is 6.05. The van der Waals surface area contributed by atoms with Gasteiger partial charge in [-0.3, -0.25) is 4.79 Å². The maximum atomic E-state index is 11.8. The number of carbonyl (C=O) groups is 2. The summed E-state index contributed by atoms with van der Waals surface area (Å²) in [5.74, 6) is -0.811. The molecule has 0 aliphatic heterocycles.